The van der Waals surface area contributed by atoms with Crippen molar-refractivity contribution in [3.63, 3.8) is 0 Å². The molecule has 37 heavy (non-hydrogen) atoms. The molecule has 2 aliphatic rings. The van der Waals surface area contributed by atoms with E-state index in [4.69, 9.17) is 21.1 Å². The number of aromatic nitrogens is 5. The Kier molecular flexibility index (Phi) is 5.95. The van der Waals surface area contributed by atoms with Crippen LogP contribution in [-0.2, 0) is 7.05 Å². The molecule has 1 aliphatic carbocycles. The van der Waals surface area contributed by atoms with Crippen LogP contribution in [0.2, 0.25) is 5.15 Å². The summed E-state index contributed by atoms with van der Waals surface area (Å²) in [4.78, 5) is 30.8. The van der Waals surface area contributed by atoms with Crippen LogP contribution in [0.25, 0.3) is 11.0 Å². The van der Waals surface area contributed by atoms with E-state index in [-0.39, 0.29) is 29.6 Å². The van der Waals surface area contributed by atoms with Crippen molar-refractivity contribution in [2.45, 2.75) is 50.7 Å². The van der Waals surface area contributed by atoms with E-state index in [9.17, 15) is 9.18 Å². The first-order chi connectivity index (χ1) is 17.8. The van der Waals surface area contributed by atoms with Crippen molar-refractivity contribution in [1.29, 1.82) is 0 Å². The monoisotopic (exact) mass is 523 g/mol. The van der Waals surface area contributed by atoms with Crippen molar-refractivity contribution < 1.29 is 8.91 Å². The van der Waals surface area contributed by atoms with Gasteiger partial charge in [-0.2, -0.15) is 9.97 Å². The van der Waals surface area contributed by atoms with Gasteiger partial charge in [0.05, 0.1) is 5.52 Å². The number of hydrogen-bond acceptors (Lipinski definition) is 8. The Hall–Kier alpha value is -3.37. The average molecular weight is 524 g/mol. The molecular weight excluding hydrogens is 497 g/mol. The van der Waals surface area contributed by atoms with Gasteiger partial charge in [0.2, 0.25) is 5.89 Å². The number of benzene rings is 1. The SMILES string of the molecule is CC1CN(c2nc(=O)n(C)c3ccc(Cl)nc23)[C@@H](C)CN1C(c1ccc(F)cc1)c1nc(C2CC2)no1. The lowest BCUT2D eigenvalue weighted by Crippen LogP contribution is -2.58. The summed E-state index contributed by atoms with van der Waals surface area (Å²) >= 11 is 6.22. The van der Waals surface area contributed by atoms with Crippen molar-refractivity contribution in [3.05, 3.63) is 75.1 Å². The summed E-state index contributed by atoms with van der Waals surface area (Å²) in [7, 11) is 1.68. The van der Waals surface area contributed by atoms with Crippen LogP contribution in [0, 0.1) is 5.82 Å². The van der Waals surface area contributed by atoms with Gasteiger partial charge in [0.1, 0.15) is 22.5 Å². The normalized spacial score (nSPS) is 21.5. The van der Waals surface area contributed by atoms with E-state index in [1.165, 1.54) is 16.7 Å². The quantitative estimate of drug-likeness (QED) is 0.361. The smallest absolute Gasteiger partial charge is 0.349 e. The van der Waals surface area contributed by atoms with Gasteiger partial charge in [-0.05, 0) is 56.5 Å². The molecule has 1 saturated heterocycles. The molecule has 0 radical (unpaired) electrons. The topological polar surface area (TPSA) is 93.2 Å². The van der Waals surface area contributed by atoms with Crippen LogP contribution in [0.4, 0.5) is 10.2 Å². The van der Waals surface area contributed by atoms with Crippen molar-refractivity contribution in [2.24, 2.45) is 7.05 Å². The zero-order chi connectivity index (χ0) is 25.8. The maximum absolute atomic E-state index is 13.8. The third-order valence-corrected chi connectivity index (χ3v) is 7.57. The van der Waals surface area contributed by atoms with Crippen molar-refractivity contribution >= 4 is 28.5 Å². The summed E-state index contributed by atoms with van der Waals surface area (Å²) in [6.07, 6.45) is 2.14. The molecule has 0 N–H and O–H groups in total. The summed E-state index contributed by atoms with van der Waals surface area (Å²) < 4.78 is 21.0. The first-order valence-corrected chi connectivity index (χ1v) is 12.8. The Morgan fingerprint density at radius 3 is 2.51 bits per heavy atom. The molecule has 1 saturated carbocycles. The minimum atomic E-state index is -0.350. The average Bonchev–Trinajstić information content (AvgIpc) is 3.62. The highest BCUT2D eigenvalue weighted by Gasteiger charge is 2.39. The van der Waals surface area contributed by atoms with Crippen LogP contribution >= 0.6 is 11.6 Å². The Morgan fingerprint density at radius 2 is 1.78 bits per heavy atom. The molecule has 0 bridgehead atoms. The van der Waals surface area contributed by atoms with Gasteiger partial charge in [-0.25, -0.2) is 14.2 Å². The second-order valence-corrected chi connectivity index (χ2v) is 10.4. The lowest BCUT2D eigenvalue weighted by molar-refractivity contribution is 0.109. The van der Waals surface area contributed by atoms with Gasteiger partial charge in [-0.15, -0.1) is 0 Å². The Bertz CT molecular complexity index is 1520. The Morgan fingerprint density at radius 1 is 1.03 bits per heavy atom. The maximum Gasteiger partial charge on any atom is 0.349 e. The molecule has 11 heteroatoms. The maximum atomic E-state index is 13.8. The fraction of sp³-hybridized carbons (Fsp3) is 0.423. The number of anilines is 1. The van der Waals surface area contributed by atoms with E-state index in [1.54, 1.807) is 31.3 Å². The number of hydrogen-bond donors (Lipinski definition) is 0. The first-order valence-electron chi connectivity index (χ1n) is 12.4. The number of nitrogens with zero attached hydrogens (tertiary/aromatic N) is 7. The summed E-state index contributed by atoms with van der Waals surface area (Å²) in [6.45, 7) is 5.38. The predicted octanol–water partition coefficient (Wildman–Crippen LogP) is 4.07. The van der Waals surface area contributed by atoms with Crippen LogP contribution < -0.4 is 10.6 Å². The zero-order valence-electron chi connectivity index (χ0n) is 20.8. The van der Waals surface area contributed by atoms with Gasteiger partial charge >= 0.3 is 5.69 Å². The van der Waals surface area contributed by atoms with E-state index >= 15 is 0 Å². The molecule has 3 atom stereocenters. The van der Waals surface area contributed by atoms with E-state index in [1.807, 2.05) is 0 Å². The van der Waals surface area contributed by atoms with E-state index in [0.29, 0.717) is 46.9 Å². The molecule has 9 nitrogen and oxygen atoms in total. The third kappa shape index (κ3) is 4.38. The fourth-order valence-corrected chi connectivity index (χ4v) is 5.33. The number of fused-ring (bicyclic) bond motifs is 1. The largest absolute Gasteiger partial charge is 0.349 e. The molecule has 0 spiro atoms. The van der Waals surface area contributed by atoms with Gasteiger partial charge < -0.3 is 9.42 Å². The van der Waals surface area contributed by atoms with Crippen LogP contribution in [-0.4, -0.2) is 54.7 Å². The minimum Gasteiger partial charge on any atom is -0.349 e. The van der Waals surface area contributed by atoms with Gasteiger partial charge in [0.25, 0.3) is 0 Å². The Labute approximate surface area is 217 Å². The van der Waals surface area contributed by atoms with E-state index < -0.39 is 0 Å². The summed E-state index contributed by atoms with van der Waals surface area (Å²) in [5.41, 5.74) is 1.79. The molecule has 4 aromatic rings. The molecule has 0 amide bonds. The second-order valence-electron chi connectivity index (χ2n) is 10.0. The highest BCUT2D eigenvalue weighted by Crippen LogP contribution is 2.40. The van der Waals surface area contributed by atoms with Crippen molar-refractivity contribution in [1.82, 2.24) is 29.6 Å². The predicted molar refractivity (Wildman–Crippen MR) is 137 cm³/mol. The molecule has 6 rings (SSSR count). The molecule has 4 heterocycles. The third-order valence-electron chi connectivity index (χ3n) is 7.36. The highest BCUT2D eigenvalue weighted by atomic mass is 35.5. The number of pyridine rings is 1. The molecular formula is C26H27ClFN7O2. The number of piperazine rings is 1. The number of aryl methyl sites for hydroxylation is 1. The molecule has 3 aromatic heterocycles. The number of halogens is 2. The molecule has 1 aromatic carbocycles. The Balaban J connectivity index is 1.37. The van der Waals surface area contributed by atoms with Crippen LogP contribution in [0.5, 0.6) is 0 Å². The molecule has 2 unspecified atom stereocenters. The van der Waals surface area contributed by atoms with Gasteiger partial charge in [0.15, 0.2) is 11.6 Å². The van der Waals surface area contributed by atoms with Crippen LogP contribution in [0.1, 0.15) is 55.9 Å². The lowest BCUT2D eigenvalue weighted by atomic mass is 9.99. The zero-order valence-corrected chi connectivity index (χ0v) is 21.6. The number of rotatable bonds is 5. The molecule has 1 aliphatic heterocycles. The van der Waals surface area contributed by atoms with Gasteiger partial charge in [0, 0.05) is 38.1 Å². The lowest BCUT2D eigenvalue weighted by Gasteiger charge is -2.47. The van der Waals surface area contributed by atoms with Gasteiger partial charge in [-0.3, -0.25) is 9.47 Å². The molecule has 192 valence electrons. The fourth-order valence-electron chi connectivity index (χ4n) is 5.18. The summed E-state index contributed by atoms with van der Waals surface area (Å²) in [5.74, 6) is 1.82. The van der Waals surface area contributed by atoms with Crippen LogP contribution in [0.3, 0.4) is 0 Å². The second kappa shape index (κ2) is 9.18. The van der Waals surface area contributed by atoms with Gasteiger partial charge in [-0.1, -0.05) is 28.9 Å². The van der Waals surface area contributed by atoms with Crippen molar-refractivity contribution in [3.8, 4) is 0 Å². The minimum absolute atomic E-state index is 0.00243. The summed E-state index contributed by atoms with van der Waals surface area (Å²) in [6, 6.07) is 9.55. The van der Waals surface area contributed by atoms with E-state index in [0.717, 1.165) is 24.2 Å². The summed E-state index contributed by atoms with van der Waals surface area (Å²) in [5, 5.41) is 4.58. The molecule has 2 fully saturated rings. The first kappa shape index (κ1) is 24.0. The van der Waals surface area contributed by atoms with E-state index in [2.05, 4.69) is 38.8 Å². The van der Waals surface area contributed by atoms with Crippen LogP contribution in [0.15, 0.2) is 45.7 Å². The highest BCUT2D eigenvalue weighted by molar-refractivity contribution is 6.29. The standard InChI is InChI=1S/C26H27ClFN7O2/c1-14-13-35(24-21-19(10-11-20(27)29-21)33(3)26(36)31-24)15(2)12-34(14)22(16-6-8-18(28)9-7-16)25-30-23(32-37-25)17-4-5-17/h6-11,14-15,17,22H,4-5,12-13H2,1-3H3/t14?,15-,22?/m0/s1. The van der Waals surface area contributed by atoms with Crippen molar-refractivity contribution in [2.75, 3.05) is 18.0 Å².